The van der Waals surface area contributed by atoms with Crippen molar-refractivity contribution in [3.8, 4) is 0 Å². The monoisotopic (exact) mass is 1000 g/mol. The highest BCUT2D eigenvalue weighted by Crippen LogP contribution is 2.15. The number of esters is 3. The zero-order valence-corrected chi connectivity index (χ0v) is 47.4. The molecule has 0 aliphatic heterocycles. The van der Waals surface area contributed by atoms with E-state index in [0.29, 0.717) is 19.3 Å². The summed E-state index contributed by atoms with van der Waals surface area (Å²) in [6, 6.07) is 0. The number of allylic oxidation sites excluding steroid dienone is 14. The molecule has 0 saturated carbocycles. The van der Waals surface area contributed by atoms with E-state index in [1.807, 2.05) is 0 Å². The van der Waals surface area contributed by atoms with Crippen molar-refractivity contribution in [2.75, 3.05) is 13.2 Å². The molecule has 0 amide bonds. The van der Waals surface area contributed by atoms with Gasteiger partial charge in [0.1, 0.15) is 13.2 Å². The van der Waals surface area contributed by atoms with Gasteiger partial charge < -0.3 is 14.2 Å². The van der Waals surface area contributed by atoms with E-state index in [1.54, 1.807) is 0 Å². The highest BCUT2D eigenvalue weighted by molar-refractivity contribution is 5.71. The van der Waals surface area contributed by atoms with E-state index in [2.05, 4.69) is 106 Å². The van der Waals surface area contributed by atoms with E-state index in [0.717, 1.165) is 109 Å². The van der Waals surface area contributed by atoms with E-state index in [9.17, 15) is 14.4 Å². The van der Waals surface area contributed by atoms with Gasteiger partial charge in [0, 0.05) is 19.3 Å². The van der Waals surface area contributed by atoms with E-state index < -0.39 is 6.10 Å². The molecule has 1 atom stereocenters. The molecule has 0 bridgehead atoms. The van der Waals surface area contributed by atoms with Crippen LogP contribution < -0.4 is 0 Å². The number of ether oxygens (including phenoxy) is 3. The van der Waals surface area contributed by atoms with Crippen LogP contribution in [0, 0.1) is 0 Å². The summed E-state index contributed by atoms with van der Waals surface area (Å²) >= 11 is 0. The molecule has 72 heavy (non-hydrogen) atoms. The van der Waals surface area contributed by atoms with Crippen LogP contribution in [-0.2, 0) is 28.6 Å². The minimum absolute atomic E-state index is 0.0947. The Labute approximate surface area is 445 Å². The molecule has 6 heteroatoms. The van der Waals surface area contributed by atoms with Crippen molar-refractivity contribution in [1.82, 2.24) is 0 Å². The van der Waals surface area contributed by atoms with Crippen LogP contribution in [0.1, 0.15) is 297 Å². The van der Waals surface area contributed by atoms with Crippen LogP contribution in [0.25, 0.3) is 0 Å². The van der Waals surface area contributed by atoms with Crippen molar-refractivity contribution >= 4 is 17.9 Å². The molecule has 0 aromatic carbocycles. The van der Waals surface area contributed by atoms with Gasteiger partial charge in [0.05, 0.1) is 0 Å². The van der Waals surface area contributed by atoms with Crippen LogP contribution in [0.5, 0.6) is 0 Å². The maximum absolute atomic E-state index is 12.9. The second-order valence-electron chi connectivity index (χ2n) is 20.4. The molecule has 0 aromatic heterocycles. The summed E-state index contributed by atoms with van der Waals surface area (Å²) in [5, 5.41) is 0. The predicted octanol–water partition coefficient (Wildman–Crippen LogP) is 20.7. The molecule has 0 aliphatic carbocycles. The molecule has 6 nitrogen and oxygen atoms in total. The zero-order chi connectivity index (χ0) is 52.2. The highest BCUT2D eigenvalue weighted by Gasteiger charge is 2.19. The van der Waals surface area contributed by atoms with Crippen LogP contribution in [0.4, 0.5) is 0 Å². The average molecular weight is 1000 g/mol. The summed E-state index contributed by atoms with van der Waals surface area (Å²) in [5.41, 5.74) is 0. The van der Waals surface area contributed by atoms with Crippen molar-refractivity contribution < 1.29 is 28.6 Å². The Kier molecular flexibility index (Phi) is 57.3. The largest absolute Gasteiger partial charge is 0.462 e. The van der Waals surface area contributed by atoms with Gasteiger partial charge in [0.25, 0.3) is 0 Å². The van der Waals surface area contributed by atoms with Crippen molar-refractivity contribution in [2.45, 2.75) is 303 Å². The van der Waals surface area contributed by atoms with Gasteiger partial charge in [-0.25, -0.2) is 0 Å². The van der Waals surface area contributed by atoms with E-state index in [4.69, 9.17) is 14.2 Å². The summed E-state index contributed by atoms with van der Waals surface area (Å²) in [4.78, 5) is 38.3. The quantitative estimate of drug-likeness (QED) is 0.0199. The van der Waals surface area contributed by atoms with Gasteiger partial charge in [-0.2, -0.15) is 0 Å². The number of carbonyl (C=O) groups is 3. The van der Waals surface area contributed by atoms with Gasteiger partial charge in [0.2, 0.25) is 0 Å². The van der Waals surface area contributed by atoms with Crippen LogP contribution in [-0.4, -0.2) is 37.2 Å². The minimum atomic E-state index is -0.800. The van der Waals surface area contributed by atoms with E-state index >= 15 is 0 Å². The Hall–Kier alpha value is -3.41. The van der Waals surface area contributed by atoms with Crippen LogP contribution >= 0.6 is 0 Å². The number of rotatable bonds is 55. The first-order valence-electron chi connectivity index (χ1n) is 30.7. The lowest BCUT2D eigenvalue weighted by molar-refractivity contribution is -0.167. The lowest BCUT2D eigenvalue weighted by atomic mass is 10.1. The molecular formula is C66H114O6. The fourth-order valence-electron chi connectivity index (χ4n) is 8.56. The number of hydrogen-bond donors (Lipinski definition) is 0. The smallest absolute Gasteiger partial charge is 0.306 e. The first-order chi connectivity index (χ1) is 35.5. The molecule has 0 heterocycles. The first kappa shape index (κ1) is 68.6. The topological polar surface area (TPSA) is 78.9 Å². The lowest BCUT2D eigenvalue weighted by Gasteiger charge is -2.18. The third kappa shape index (κ3) is 57.5. The fourth-order valence-corrected chi connectivity index (χ4v) is 8.56. The molecule has 414 valence electrons. The number of unbranched alkanes of at least 4 members (excludes halogenated alkanes) is 34. The van der Waals surface area contributed by atoms with Crippen molar-refractivity contribution in [3.05, 3.63) is 85.1 Å². The van der Waals surface area contributed by atoms with Gasteiger partial charge >= 0.3 is 17.9 Å². The Morgan fingerprint density at radius 1 is 0.278 bits per heavy atom. The predicted molar refractivity (Wildman–Crippen MR) is 311 cm³/mol. The molecule has 0 radical (unpaired) electrons. The standard InChI is InChI=1S/C66H114O6/c1-4-7-10-13-16-19-22-25-28-31-34-37-40-43-46-49-52-55-58-64(67)70-61-63(72-66(69)60-57-54-51-48-45-42-39-36-33-30-27-24-21-18-15-12-9-6-3)62-71-65(68)59-56-53-50-47-44-41-38-35-32-29-26-23-20-17-14-11-8-5-2/h16,19,22,25,28,30-31,33-39,63H,4-15,17-18,20-21,23-24,26-27,29,32,40-62H2,1-3H3/b19-16-,25-22-,31-28-,33-30-,37-34-,38-35-,39-36-. The zero-order valence-electron chi connectivity index (χ0n) is 47.4. The van der Waals surface area contributed by atoms with Gasteiger partial charge in [0.15, 0.2) is 6.10 Å². The van der Waals surface area contributed by atoms with Crippen molar-refractivity contribution in [2.24, 2.45) is 0 Å². The molecule has 0 saturated heterocycles. The Morgan fingerprint density at radius 3 is 0.861 bits per heavy atom. The number of carbonyl (C=O) groups excluding carboxylic acids is 3. The molecule has 1 unspecified atom stereocenters. The van der Waals surface area contributed by atoms with Crippen molar-refractivity contribution in [1.29, 1.82) is 0 Å². The molecule has 0 N–H and O–H groups in total. The minimum Gasteiger partial charge on any atom is -0.462 e. The fraction of sp³-hybridized carbons (Fsp3) is 0.742. The van der Waals surface area contributed by atoms with Gasteiger partial charge in [-0.3, -0.25) is 14.4 Å². The van der Waals surface area contributed by atoms with Crippen LogP contribution in [0.15, 0.2) is 85.1 Å². The summed E-state index contributed by atoms with van der Waals surface area (Å²) in [6.07, 6.45) is 78.5. The molecule has 0 aliphatic rings. The maximum Gasteiger partial charge on any atom is 0.306 e. The Bertz CT molecular complexity index is 1380. The maximum atomic E-state index is 12.9. The normalized spacial score (nSPS) is 12.7. The van der Waals surface area contributed by atoms with Gasteiger partial charge in [-0.1, -0.05) is 266 Å². The molecule has 0 aromatic rings. The third-order valence-electron chi connectivity index (χ3n) is 13.2. The van der Waals surface area contributed by atoms with Crippen LogP contribution in [0.2, 0.25) is 0 Å². The third-order valence-corrected chi connectivity index (χ3v) is 13.2. The Balaban J connectivity index is 4.47. The second kappa shape index (κ2) is 60.1. The summed E-state index contributed by atoms with van der Waals surface area (Å²) in [7, 11) is 0. The summed E-state index contributed by atoms with van der Waals surface area (Å²) in [6.45, 7) is 6.58. The molecule has 0 fully saturated rings. The van der Waals surface area contributed by atoms with Crippen molar-refractivity contribution in [3.63, 3.8) is 0 Å². The van der Waals surface area contributed by atoms with E-state index in [-0.39, 0.29) is 31.1 Å². The first-order valence-corrected chi connectivity index (χ1v) is 30.7. The molecular weight excluding hydrogens is 889 g/mol. The SMILES string of the molecule is CCCCC\C=C/C=C\C=C/C=C\CCCCCCCC(=O)OCC(COC(=O)CCCCCCC/C=C\CCCCCCCCCCC)OC(=O)CCCCCCC/C=C\C=C/CCCCCCCCC. The van der Waals surface area contributed by atoms with Gasteiger partial charge in [-0.15, -0.1) is 0 Å². The summed E-state index contributed by atoms with van der Waals surface area (Å²) < 4.78 is 16.9. The second-order valence-corrected chi connectivity index (χ2v) is 20.4. The van der Waals surface area contributed by atoms with Gasteiger partial charge in [-0.05, 0) is 96.3 Å². The average Bonchev–Trinajstić information content (AvgIpc) is 3.38. The molecule has 0 spiro atoms. The Morgan fingerprint density at radius 2 is 0.514 bits per heavy atom. The highest BCUT2D eigenvalue weighted by atomic mass is 16.6. The lowest BCUT2D eigenvalue weighted by Crippen LogP contribution is -2.30. The summed E-state index contributed by atoms with van der Waals surface area (Å²) in [5.74, 6) is -0.932. The molecule has 0 rings (SSSR count). The number of hydrogen-bond acceptors (Lipinski definition) is 6. The van der Waals surface area contributed by atoms with E-state index in [1.165, 1.54) is 148 Å². The van der Waals surface area contributed by atoms with Crippen LogP contribution in [0.3, 0.4) is 0 Å².